The van der Waals surface area contributed by atoms with Gasteiger partial charge in [-0.15, -0.1) is 0 Å². The van der Waals surface area contributed by atoms with Crippen LogP contribution in [0, 0.1) is 5.82 Å². The molecule has 0 amide bonds. The Morgan fingerprint density at radius 3 is 2.70 bits per heavy atom. The van der Waals surface area contributed by atoms with Gasteiger partial charge in [0.1, 0.15) is 29.7 Å². The molecule has 0 saturated carbocycles. The summed E-state index contributed by atoms with van der Waals surface area (Å²) in [4.78, 5) is 0. The molecule has 2 rings (SSSR count). The third-order valence-electron chi connectivity index (χ3n) is 2.67. The lowest BCUT2D eigenvalue weighted by Crippen LogP contribution is -2.21. The smallest absolute Gasteiger partial charge is 0.146 e. The second-order valence-electron chi connectivity index (χ2n) is 4.77. The SMILES string of the molecule is CC(C)NCc1ccc(COc2ccc(F)c(Cl)c2)o1. The molecule has 108 valence electrons. The normalized spacial score (nSPS) is 11.1. The number of hydrogen-bond donors (Lipinski definition) is 1. The van der Waals surface area contributed by atoms with E-state index in [1.807, 2.05) is 12.1 Å². The second-order valence-corrected chi connectivity index (χ2v) is 5.18. The molecule has 1 aromatic heterocycles. The van der Waals surface area contributed by atoms with Crippen molar-refractivity contribution in [3.63, 3.8) is 0 Å². The summed E-state index contributed by atoms with van der Waals surface area (Å²) in [5.41, 5.74) is 0. The molecule has 5 heteroatoms. The number of rotatable bonds is 6. The molecule has 1 aromatic carbocycles. The van der Waals surface area contributed by atoms with Gasteiger partial charge in [-0.05, 0) is 24.3 Å². The van der Waals surface area contributed by atoms with Crippen LogP contribution in [0.25, 0.3) is 0 Å². The fourth-order valence-corrected chi connectivity index (χ4v) is 1.79. The molecule has 0 spiro atoms. The zero-order chi connectivity index (χ0) is 14.5. The molecule has 3 nitrogen and oxygen atoms in total. The summed E-state index contributed by atoms with van der Waals surface area (Å²) < 4.78 is 24.1. The van der Waals surface area contributed by atoms with E-state index in [0.717, 1.165) is 5.76 Å². The van der Waals surface area contributed by atoms with Crippen molar-refractivity contribution in [2.75, 3.05) is 0 Å². The largest absolute Gasteiger partial charge is 0.486 e. The predicted octanol–water partition coefficient (Wildman–Crippen LogP) is 4.15. The second kappa shape index (κ2) is 6.77. The summed E-state index contributed by atoms with van der Waals surface area (Å²) >= 11 is 5.68. The molecule has 0 fully saturated rings. The zero-order valence-electron chi connectivity index (χ0n) is 11.5. The van der Waals surface area contributed by atoms with Crippen LogP contribution in [-0.4, -0.2) is 6.04 Å². The number of benzene rings is 1. The zero-order valence-corrected chi connectivity index (χ0v) is 12.2. The highest BCUT2D eigenvalue weighted by molar-refractivity contribution is 6.30. The molecule has 0 radical (unpaired) electrons. The van der Waals surface area contributed by atoms with E-state index in [1.54, 1.807) is 0 Å². The lowest BCUT2D eigenvalue weighted by atomic mass is 10.3. The first kappa shape index (κ1) is 14.9. The lowest BCUT2D eigenvalue weighted by molar-refractivity contribution is 0.264. The Morgan fingerprint density at radius 2 is 2.00 bits per heavy atom. The third-order valence-corrected chi connectivity index (χ3v) is 2.96. The van der Waals surface area contributed by atoms with Crippen molar-refractivity contribution in [1.29, 1.82) is 0 Å². The van der Waals surface area contributed by atoms with Crippen molar-refractivity contribution in [2.24, 2.45) is 0 Å². The van der Waals surface area contributed by atoms with Gasteiger partial charge < -0.3 is 14.5 Å². The van der Waals surface area contributed by atoms with Crippen LogP contribution in [0.2, 0.25) is 5.02 Å². The maximum Gasteiger partial charge on any atom is 0.146 e. The summed E-state index contributed by atoms with van der Waals surface area (Å²) in [5.74, 6) is 1.62. The monoisotopic (exact) mass is 297 g/mol. The average molecular weight is 298 g/mol. The van der Waals surface area contributed by atoms with E-state index < -0.39 is 5.82 Å². The van der Waals surface area contributed by atoms with E-state index in [4.69, 9.17) is 20.8 Å². The van der Waals surface area contributed by atoms with E-state index in [0.29, 0.717) is 24.1 Å². The van der Waals surface area contributed by atoms with Crippen LogP contribution >= 0.6 is 11.6 Å². The molecule has 0 aliphatic carbocycles. The van der Waals surface area contributed by atoms with E-state index in [1.165, 1.54) is 18.2 Å². The Labute approximate surface area is 122 Å². The maximum absolute atomic E-state index is 13.0. The Bertz CT molecular complexity index is 569. The van der Waals surface area contributed by atoms with Gasteiger partial charge in [0.2, 0.25) is 0 Å². The quantitative estimate of drug-likeness (QED) is 0.870. The molecule has 1 N–H and O–H groups in total. The van der Waals surface area contributed by atoms with Crippen molar-refractivity contribution < 1.29 is 13.5 Å². The van der Waals surface area contributed by atoms with Crippen LogP contribution in [0.4, 0.5) is 4.39 Å². The molecule has 0 saturated heterocycles. The van der Waals surface area contributed by atoms with E-state index >= 15 is 0 Å². The number of furan rings is 1. The summed E-state index contributed by atoms with van der Waals surface area (Å²) in [7, 11) is 0. The fraction of sp³-hybridized carbons (Fsp3) is 0.333. The maximum atomic E-state index is 13.0. The highest BCUT2D eigenvalue weighted by Crippen LogP contribution is 2.22. The fourth-order valence-electron chi connectivity index (χ4n) is 1.62. The van der Waals surface area contributed by atoms with Crippen molar-refractivity contribution >= 4 is 11.6 Å². The molecule has 0 atom stereocenters. The third kappa shape index (κ3) is 4.25. The first-order chi connectivity index (χ1) is 9.54. The van der Waals surface area contributed by atoms with Crippen LogP contribution < -0.4 is 10.1 Å². The number of nitrogens with one attached hydrogen (secondary N) is 1. The lowest BCUT2D eigenvalue weighted by Gasteiger charge is -2.06. The highest BCUT2D eigenvalue weighted by Gasteiger charge is 2.05. The topological polar surface area (TPSA) is 34.4 Å². The van der Waals surface area contributed by atoms with Crippen LogP contribution in [-0.2, 0) is 13.2 Å². The average Bonchev–Trinajstić information content (AvgIpc) is 2.86. The predicted molar refractivity (Wildman–Crippen MR) is 76.4 cm³/mol. The first-order valence-electron chi connectivity index (χ1n) is 6.43. The molecule has 0 bridgehead atoms. The molecular formula is C15H17ClFNO2. The van der Waals surface area contributed by atoms with Crippen molar-refractivity contribution in [3.05, 3.63) is 52.7 Å². The number of hydrogen-bond acceptors (Lipinski definition) is 3. The van der Waals surface area contributed by atoms with Gasteiger partial charge in [-0.1, -0.05) is 25.4 Å². The summed E-state index contributed by atoms with van der Waals surface area (Å²) in [6.07, 6.45) is 0. The van der Waals surface area contributed by atoms with Gasteiger partial charge in [-0.2, -0.15) is 0 Å². The molecule has 1 heterocycles. The van der Waals surface area contributed by atoms with Gasteiger partial charge in [0.05, 0.1) is 11.6 Å². The molecule has 0 unspecified atom stereocenters. The van der Waals surface area contributed by atoms with Gasteiger partial charge in [-0.3, -0.25) is 0 Å². The van der Waals surface area contributed by atoms with E-state index in [9.17, 15) is 4.39 Å². The molecular weight excluding hydrogens is 281 g/mol. The molecule has 0 aliphatic heterocycles. The van der Waals surface area contributed by atoms with Gasteiger partial charge in [-0.25, -0.2) is 4.39 Å². The molecule has 2 aromatic rings. The summed E-state index contributed by atoms with van der Waals surface area (Å²) in [5, 5.41) is 3.31. The van der Waals surface area contributed by atoms with Crippen molar-refractivity contribution in [1.82, 2.24) is 5.32 Å². The Morgan fingerprint density at radius 1 is 1.25 bits per heavy atom. The molecule has 0 aliphatic rings. The van der Waals surface area contributed by atoms with Gasteiger partial charge >= 0.3 is 0 Å². The van der Waals surface area contributed by atoms with E-state index in [-0.39, 0.29) is 11.6 Å². The van der Waals surface area contributed by atoms with Crippen molar-refractivity contribution in [2.45, 2.75) is 33.0 Å². The minimum absolute atomic E-state index is 0.0452. The summed E-state index contributed by atoms with van der Waals surface area (Å²) in [6.45, 7) is 5.11. The first-order valence-corrected chi connectivity index (χ1v) is 6.81. The minimum atomic E-state index is -0.459. The summed E-state index contributed by atoms with van der Waals surface area (Å²) in [6, 6.07) is 8.43. The Hall–Kier alpha value is -1.52. The van der Waals surface area contributed by atoms with Crippen LogP contribution in [0.3, 0.4) is 0 Å². The van der Waals surface area contributed by atoms with Crippen LogP contribution in [0.15, 0.2) is 34.7 Å². The van der Waals surface area contributed by atoms with Gasteiger partial charge in [0.15, 0.2) is 0 Å². The van der Waals surface area contributed by atoms with Crippen LogP contribution in [0.1, 0.15) is 25.4 Å². The minimum Gasteiger partial charge on any atom is -0.486 e. The molecule has 20 heavy (non-hydrogen) atoms. The van der Waals surface area contributed by atoms with Crippen molar-refractivity contribution in [3.8, 4) is 5.75 Å². The number of ether oxygens (including phenoxy) is 1. The van der Waals surface area contributed by atoms with E-state index in [2.05, 4.69) is 19.2 Å². The van der Waals surface area contributed by atoms with Gasteiger partial charge in [0.25, 0.3) is 0 Å². The Kier molecular flexibility index (Phi) is 5.04. The van der Waals surface area contributed by atoms with Gasteiger partial charge in [0, 0.05) is 12.1 Å². The highest BCUT2D eigenvalue weighted by atomic mass is 35.5. The Balaban J connectivity index is 1.89. The number of halogens is 2. The standard InChI is InChI=1S/C15H17ClFNO2/c1-10(2)18-8-12-3-4-13(20-12)9-19-11-5-6-15(17)14(16)7-11/h3-7,10,18H,8-9H2,1-2H3. The van der Waals surface area contributed by atoms with Crippen LogP contribution in [0.5, 0.6) is 5.75 Å².